The molecule has 1 aromatic carbocycles. The van der Waals surface area contributed by atoms with Gasteiger partial charge in [-0.15, -0.1) is 0 Å². The average Bonchev–Trinajstić information content (AvgIpc) is 2.89. The van der Waals surface area contributed by atoms with Gasteiger partial charge < -0.3 is 14.6 Å². The standard InChI is InChI=1S/C14H13BrN2O4/c1-9-6-12(21-17-9)8-20-13(18)7-16-14(19)10-2-4-11(15)5-3-10/h2-6H,7-8H2,1H3,(H,16,19). The van der Waals surface area contributed by atoms with Crippen molar-refractivity contribution in [3.8, 4) is 0 Å². The van der Waals surface area contributed by atoms with Crippen molar-refractivity contribution in [2.75, 3.05) is 6.54 Å². The summed E-state index contributed by atoms with van der Waals surface area (Å²) in [5, 5.41) is 6.16. The lowest BCUT2D eigenvalue weighted by molar-refractivity contribution is -0.144. The van der Waals surface area contributed by atoms with E-state index in [2.05, 4.69) is 26.4 Å². The maximum atomic E-state index is 11.8. The SMILES string of the molecule is Cc1cc(COC(=O)CNC(=O)c2ccc(Br)cc2)on1. The van der Waals surface area contributed by atoms with Gasteiger partial charge in [-0.05, 0) is 31.2 Å². The smallest absolute Gasteiger partial charge is 0.325 e. The second-order valence-corrected chi connectivity index (χ2v) is 5.20. The molecule has 0 spiro atoms. The zero-order valence-corrected chi connectivity index (χ0v) is 12.8. The molecule has 0 aliphatic rings. The number of hydrogen-bond acceptors (Lipinski definition) is 5. The molecule has 6 nitrogen and oxygen atoms in total. The van der Waals surface area contributed by atoms with Gasteiger partial charge >= 0.3 is 5.97 Å². The number of aromatic nitrogens is 1. The lowest BCUT2D eigenvalue weighted by atomic mass is 10.2. The first-order valence-corrected chi connectivity index (χ1v) is 6.95. The van der Waals surface area contributed by atoms with Gasteiger partial charge in [0.05, 0.1) is 5.69 Å². The van der Waals surface area contributed by atoms with Crippen LogP contribution in [0.4, 0.5) is 0 Å². The first kappa shape index (κ1) is 15.2. The molecule has 0 saturated heterocycles. The molecule has 0 radical (unpaired) electrons. The summed E-state index contributed by atoms with van der Waals surface area (Å²) in [7, 11) is 0. The summed E-state index contributed by atoms with van der Waals surface area (Å²) in [6, 6.07) is 8.48. The maximum absolute atomic E-state index is 11.8. The highest BCUT2D eigenvalue weighted by Crippen LogP contribution is 2.10. The summed E-state index contributed by atoms with van der Waals surface area (Å²) in [5.74, 6) is -0.426. The van der Waals surface area contributed by atoms with Gasteiger partial charge in [-0.3, -0.25) is 9.59 Å². The number of amides is 1. The van der Waals surface area contributed by atoms with Gasteiger partial charge in [0.1, 0.15) is 6.54 Å². The van der Waals surface area contributed by atoms with Gasteiger partial charge in [-0.1, -0.05) is 21.1 Å². The molecule has 0 atom stereocenters. The fourth-order valence-electron chi connectivity index (χ4n) is 1.54. The minimum absolute atomic E-state index is 0.00612. The highest BCUT2D eigenvalue weighted by atomic mass is 79.9. The molecule has 2 aromatic rings. The Hall–Kier alpha value is -2.15. The molecular weight excluding hydrogens is 340 g/mol. The van der Waals surface area contributed by atoms with E-state index in [1.165, 1.54) is 0 Å². The van der Waals surface area contributed by atoms with Gasteiger partial charge in [-0.2, -0.15) is 0 Å². The Morgan fingerprint density at radius 1 is 1.33 bits per heavy atom. The number of aryl methyl sites for hydroxylation is 1. The monoisotopic (exact) mass is 352 g/mol. The van der Waals surface area contributed by atoms with Crippen molar-refractivity contribution < 1.29 is 18.8 Å². The summed E-state index contributed by atoms with van der Waals surface area (Å²) in [6.45, 7) is 1.56. The highest BCUT2D eigenvalue weighted by molar-refractivity contribution is 9.10. The van der Waals surface area contributed by atoms with E-state index in [1.807, 2.05) is 0 Å². The van der Waals surface area contributed by atoms with Crippen LogP contribution < -0.4 is 5.32 Å². The Bertz CT molecular complexity index is 637. The predicted octanol–water partition coefficient (Wildman–Crippen LogP) is 2.22. The molecule has 1 N–H and O–H groups in total. The van der Waals surface area contributed by atoms with E-state index in [4.69, 9.17) is 9.26 Å². The third kappa shape index (κ3) is 4.71. The molecule has 1 aromatic heterocycles. The number of ether oxygens (including phenoxy) is 1. The Labute approximate surface area is 129 Å². The van der Waals surface area contributed by atoms with Gasteiger partial charge in [0.25, 0.3) is 5.91 Å². The number of esters is 1. The van der Waals surface area contributed by atoms with Gasteiger partial charge in [0.2, 0.25) is 0 Å². The molecule has 1 heterocycles. The van der Waals surface area contributed by atoms with Crippen molar-refractivity contribution >= 4 is 27.8 Å². The van der Waals surface area contributed by atoms with Crippen LogP contribution in [0.15, 0.2) is 39.3 Å². The van der Waals surface area contributed by atoms with E-state index in [-0.39, 0.29) is 19.1 Å². The van der Waals surface area contributed by atoms with E-state index < -0.39 is 5.97 Å². The Kier molecular flexibility index (Phi) is 5.10. The molecule has 0 aliphatic heterocycles. The van der Waals surface area contributed by atoms with E-state index in [9.17, 15) is 9.59 Å². The van der Waals surface area contributed by atoms with E-state index in [0.29, 0.717) is 17.0 Å². The number of carbonyl (C=O) groups excluding carboxylic acids is 2. The third-order valence-electron chi connectivity index (χ3n) is 2.55. The molecule has 0 saturated carbocycles. The van der Waals surface area contributed by atoms with Crippen molar-refractivity contribution in [3.63, 3.8) is 0 Å². The van der Waals surface area contributed by atoms with Gasteiger partial charge in [0, 0.05) is 16.1 Å². The first-order valence-electron chi connectivity index (χ1n) is 6.16. The number of benzene rings is 1. The molecule has 0 unspecified atom stereocenters. The fraction of sp³-hybridized carbons (Fsp3) is 0.214. The Balaban J connectivity index is 1.75. The number of nitrogens with one attached hydrogen (secondary N) is 1. The van der Waals surface area contributed by atoms with Crippen LogP contribution in [0.25, 0.3) is 0 Å². The normalized spacial score (nSPS) is 10.2. The fourth-order valence-corrected chi connectivity index (χ4v) is 1.81. The number of nitrogens with zero attached hydrogens (tertiary/aromatic N) is 1. The quantitative estimate of drug-likeness (QED) is 0.834. The molecule has 0 aliphatic carbocycles. The molecule has 21 heavy (non-hydrogen) atoms. The van der Waals surface area contributed by atoms with Crippen molar-refractivity contribution in [1.29, 1.82) is 0 Å². The minimum atomic E-state index is -0.547. The highest BCUT2D eigenvalue weighted by Gasteiger charge is 2.10. The van der Waals surface area contributed by atoms with Crippen LogP contribution in [-0.2, 0) is 16.1 Å². The predicted molar refractivity (Wildman–Crippen MR) is 77.5 cm³/mol. The summed E-state index contributed by atoms with van der Waals surface area (Å²) in [6.07, 6.45) is 0. The van der Waals surface area contributed by atoms with Crippen LogP contribution in [0.2, 0.25) is 0 Å². The third-order valence-corrected chi connectivity index (χ3v) is 3.08. The molecule has 2 rings (SSSR count). The van der Waals surface area contributed by atoms with E-state index in [0.717, 1.165) is 4.47 Å². The molecule has 7 heteroatoms. The van der Waals surface area contributed by atoms with Crippen molar-refractivity contribution in [3.05, 3.63) is 51.8 Å². The second-order valence-electron chi connectivity index (χ2n) is 4.28. The summed E-state index contributed by atoms with van der Waals surface area (Å²) in [4.78, 5) is 23.3. The molecule has 110 valence electrons. The van der Waals surface area contributed by atoms with Crippen molar-refractivity contribution in [2.24, 2.45) is 0 Å². The average molecular weight is 353 g/mol. The van der Waals surface area contributed by atoms with Crippen LogP contribution >= 0.6 is 15.9 Å². The summed E-state index contributed by atoms with van der Waals surface area (Å²) < 4.78 is 10.7. The van der Waals surface area contributed by atoms with Gasteiger partial charge in [-0.25, -0.2) is 0 Å². The number of carbonyl (C=O) groups is 2. The molecule has 0 bridgehead atoms. The Morgan fingerprint density at radius 2 is 2.05 bits per heavy atom. The van der Waals surface area contributed by atoms with Crippen LogP contribution in [0.5, 0.6) is 0 Å². The second kappa shape index (κ2) is 7.03. The van der Waals surface area contributed by atoms with Crippen LogP contribution in [0.1, 0.15) is 21.8 Å². The zero-order chi connectivity index (χ0) is 15.2. The topological polar surface area (TPSA) is 81.4 Å². The van der Waals surface area contributed by atoms with Crippen LogP contribution in [0.3, 0.4) is 0 Å². The minimum Gasteiger partial charge on any atom is -0.456 e. The van der Waals surface area contributed by atoms with E-state index >= 15 is 0 Å². The van der Waals surface area contributed by atoms with Gasteiger partial charge in [0.15, 0.2) is 12.4 Å². The number of rotatable bonds is 5. The summed E-state index contributed by atoms with van der Waals surface area (Å²) >= 11 is 3.28. The molecule has 1 amide bonds. The van der Waals surface area contributed by atoms with Crippen LogP contribution in [-0.4, -0.2) is 23.6 Å². The van der Waals surface area contributed by atoms with E-state index in [1.54, 1.807) is 37.3 Å². The number of hydrogen-bond donors (Lipinski definition) is 1. The molecular formula is C14H13BrN2O4. The lowest BCUT2D eigenvalue weighted by Crippen LogP contribution is -2.30. The zero-order valence-electron chi connectivity index (χ0n) is 11.3. The Morgan fingerprint density at radius 3 is 2.67 bits per heavy atom. The lowest BCUT2D eigenvalue weighted by Gasteiger charge is -2.05. The first-order chi connectivity index (χ1) is 10.0. The van der Waals surface area contributed by atoms with Crippen molar-refractivity contribution in [1.82, 2.24) is 10.5 Å². The number of halogens is 1. The largest absolute Gasteiger partial charge is 0.456 e. The molecule has 0 fully saturated rings. The maximum Gasteiger partial charge on any atom is 0.325 e. The summed E-state index contributed by atoms with van der Waals surface area (Å²) in [5.41, 5.74) is 1.18. The van der Waals surface area contributed by atoms with Crippen LogP contribution in [0, 0.1) is 6.92 Å². The van der Waals surface area contributed by atoms with Crippen molar-refractivity contribution in [2.45, 2.75) is 13.5 Å².